The topological polar surface area (TPSA) is 50.9 Å². The first-order chi connectivity index (χ1) is 7.66. The molecule has 4 nitrogen and oxygen atoms in total. The summed E-state index contributed by atoms with van der Waals surface area (Å²) in [5.41, 5.74) is 2.84. The first kappa shape index (κ1) is 10.8. The van der Waals surface area contributed by atoms with Crippen LogP contribution in [0.5, 0.6) is 0 Å². The quantitative estimate of drug-likeness (QED) is 0.845. The Morgan fingerprint density at radius 3 is 2.62 bits per heavy atom. The fraction of sp³-hybridized carbons (Fsp3) is 0.333. The predicted molar refractivity (Wildman–Crippen MR) is 60.8 cm³/mol. The van der Waals surface area contributed by atoms with Crippen LogP contribution in [-0.4, -0.2) is 19.9 Å². The lowest BCUT2D eigenvalue weighted by Crippen LogP contribution is -2.07. The molecule has 0 aliphatic heterocycles. The SMILES string of the molecule is Cc1cc(C(O)Cc2ccncc2)n(C)n1. The predicted octanol–water partition coefficient (Wildman–Crippen LogP) is 1.40. The first-order valence-corrected chi connectivity index (χ1v) is 5.24. The van der Waals surface area contributed by atoms with E-state index in [1.807, 2.05) is 32.2 Å². The van der Waals surface area contributed by atoms with Crippen LogP contribution in [0.2, 0.25) is 0 Å². The van der Waals surface area contributed by atoms with Crippen molar-refractivity contribution in [2.45, 2.75) is 19.4 Å². The minimum Gasteiger partial charge on any atom is -0.386 e. The average Bonchev–Trinajstić information content (AvgIpc) is 2.59. The molecule has 0 aromatic carbocycles. The summed E-state index contributed by atoms with van der Waals surface area (Å²) in [4.78, 5) is 3.95. The van der Waals surface area contributed by atoms with Crippen molar-refractivity contribution in [3.8, 4) is 0 Å². The van der Waals surface area contributed by atoms with Gasteiger partial charge in [0, 0.05) is 25.9 Å². The summed E-state index contributed by atoms with van der Waals surface area (Å²) >= 11 is 0. The maximum absolute atomic E-state index is 10.1. The van der Waals surface area contributed by atoms with Gasteiger partial charge in [0.15, 0.2) is 0 Å². The molecule has 0 bridgehead atoms. The Kier molecular flexibility index (Phi) is 3.01. The van der Waals surface area contributed by atoms with Gasteiger partial charge in [-0.05, 0) is 30.7 Å². The van der Waals surface area contributed by atoms with Crippen molar-refractivity contribution in [1.29, 1.82) is 0 Å². The zero-order chi connectivity index (χ0) is 11.5. The molecule has 16 heavy (non-hydrogen) atoms. The molecule has 4 heteroatoms. The van der Waals surface area contributed by atoms with Gasteiger partial charge in [0.25, 0.3) is 0 Å². The highest BCUT2D eigenvalue weighted by molar-refractivity contribution is 5.17. The van der Waals surface area contributed by atoms with Crippen LogP contribution in [0.25, 0.3) is 0 Å². The molecule has 0 aliphatic carbocycles. The highest BCUT2D eigenvalue weighted by Gasteiger charge is 2.13. The van der Waals surface area contributed by atoms with Gasteiger partial charge in [0.2, 0.25) is 0 Å². The lowest BCUT2D eigenvalue weighted by molar-refractivity contribution is 0.168. The van der Waals surface area contributed by atoms with E-state index >= 15 is 0 Å². The van der Waals surface area contributed by atoms with Gasteiger partial charge in [-0.2, -0.15) is 5.10 Å². The molecule has 2 aromatic rings. The number of nitrogens with zero attached hydrogens (tertiary/aromatic N) is 3. The molecule has 1 atom stereocenters. The number of aliphatic hydroxyl groups is 1. The zero-order valence-electron chi connectivity index (χ0n) is 9.46. The molecule has 2 heterocycles. The molecular weight excluding hydrogens is 202 g/mol. The van der Waals surface area contributed by atoms with Crippen molar-refractivity contribution in [2.24, 2.45) is 7.05 Å². The van der Waals surface area contributed by atoms with E-state index in [4.69, 9.17) is 0 Å². The van der Waals surface area contributed by atoms with E-state index in [2.05, 4.69) is 10.1 Å². The maximum atomic E-state index is 10.1. The molecule has 2 aromatic heterocycles. The summed E-state index contributed by atoms with van der Waals surface area (Å²) in [7, 11) is 1.85. The zero-order valence-corrected chi connectivity index (χ0v) is 9.46. The van der Waals surface area contributed by atoms with E-state index in [0.717, 1.165) is 17.0 Å². The molecule has 0 amide bonds. The lowest BCUT2D eigenvalue weighted by atomic mass is 10.1. The van der Waals surface area contributed by atoms with Gasteiger partial charge in [0.05, 0.1) is 17.5 Å². The second-order valence-electron chi connectivity index (χ2n) is 3.91. The Labute approximate surface area is 94.6 Å². The molecule has 0 saturated heterocycles. The molecule has 84 valence electrons. The number of aromatic nitrogens is 3. The average molecular weight is 217 g/mol. The number of aryl methyl sites for hydroxylation is 2. The molecule has 2 rings (SSSR count). The summed E-state index contributed by atoms with van der Waals surface area (Å²) in [6, 6.07) is 5.73. The molecule has 0 aliphatic rings. The summed E-state index contributed by atoms with van der Waals surface area (Å²) < 4.78 is 1.72. The largest absolute Gasteiger partial charge is 0.386 e. The summed E-state index contributed by atoms with van der Waals surface area (Å²) in [6.07, 6.45) is 3.53. The smallest absolute Gasteiger partial charge is 0.0996 e. The normalized spacial score (nSPS) is 12.7. The van der Waals surface area contributed by atoms with Gasteiger partial charge < -0.3 is 5.11 Å². The monoisotopic (exact) mass is 217 g/mol. The Hall–Kier alpha value is -1.68. The Bertz CT molecular complexity index is 464. The third-order valence-electron chi connectivity index (χ3n) is 2.56. The number of aliphatic hydroxyl groups excluding tert-OH is 1. The maximum Gasteiger partial charge on any atom is 0.0996 e. The number of hydrogen-bond acceptors (Lipinski definition) is 3. The molecule has 1 N–H and O–H groups in total. The molecule has 0 spiro atoms. The summed E-state index contributed by atoms with van der Waals surface area (Å²) in [5.74, 6) is 0. The van der Waals surface area contributed by atoms with Crippen LogP contribution in [0.15, 0.2) is 30.6 Å². The van der Waals surface area contributed by atoms with Crippen molar-refractivity contribution in [2.75, 3.05) is 0 Å². The van der Waals surface area contributed by atoms with Crippen molar-refractivity contribution >= 4 is 0 Å². The van der Waals surface area contributed by atoms with Gasteiger partial charge >= 0.3 is 0 Å². The van der Waals surface area contributed by atoms with E-state index in [1.54, 1.807) is 17.1 Å². The fourth-order valence-electron chi connectivity index (χ4n) is 1.79. The number of pyridine rings is 1. The number of hydrogen-bond donors (Lipinski definition) is 1. The Balaban J connectivity index is 2.14. The highest BCUT2D eigenvalue weighted by atomic mass is 16.3. The van der Waals surface area contributed by atoms with E-state index in [-0.39, 0.29) is 0 Å². The van der Waals surface area contributed by atoms with Crippen LogP contribution >= 0.6 is 0 Å². The third-order valence-corrected chi connectivity index (χ3v) is 2.56. The Morgan fingerprint density at radius 1 is 1.38 bits per heavy atom. The van der Waals surface area contributed by atoms with Crippen LogP contribution in [0.4, 0.5) is 0 Å². The third kappa shape index (κ3) is 2.28. The van der Waals surface area contributed by atoms with Crippen LogP contribution < -0.4 is 0 Å². The van der Waals surface area contributed by atoms with Crippen molar-refractivity contribution in [3.05, 3.63) is 47.5 Å². The number of rotatable bonds is 3. The van der Waals surface area contributed by atoms with Gasteiger partial charge in [0.1, 0.15) is 0 Å². The van der Waals surface area contributed by atoms with Gasteiger partial charge in [-0.25, -0.2) is 0 Å². The molecular formula is C12H15N3O. The van der Waals surface area contributed by atoms with Crippen LogP contribution in [0.3, 0.4) is 0 Å². The molecule has 0 radical (unpaired) electrons. The van der Waals surface area contributed by atoms with Crippen LogP contribution in [-0.2, 0) is 13.5 Å². The van der Waals surface area contributed by atoms with Crippen molar-refractivity contribution in [1.82, 2.24) is 14.8 Å². The molecule has 0 saturated carbocycles. The minimum absolute atomic E-state index is 0.520. The van der Waals surface area contributed by atoms with Gasteiger partial charge in [-0.15, -0.1) is 0 Å². The standard InChI is InChI=1S/C12H15N3O/c1-9-7-11(15(2)14-9)12(16)8-10-3-5-13-6-4-10/h3-7,12,16H,8H2,1-2H3. The van der Waals surface area contributed by atoms with E-state index in [9.17, 15) is 5.11 Å². The molecule has 0 fully saturated rings. The summed E-state index contributed by atoms with van der Waals surface area (Å²) in [6.45, 7) is 1.92. The van der Waals surface area contributed by atoms with Crippen LogP contribution in [0, 0.1) is 6.92 Å². The van der Waals surface area contributed by atoms with Gasteiger partial charge in [-0.1, -0.05) is 0 Å². The first-order valence-electron chi connectivity index (χ1n) is 5.24. The second kappa shape index (κ2) is 4.45. The minimum atomic E-state index is -0.520. The van der Waals surface area contributed by atoms with Gasteiger partial charge in [-0.3, -0.25) is 9.67 Å². The summed E-state index contributed by atoms with van der Waals surface area (Å²) in [5, 5.41) is 14.3. The second-order valence-corrected chi connectivity index (χ2v) is 3.91. The molecule has 1 unspecified atom stereocenters. The van der Waals surface area contributed by atoms with Crippen molar-refractivity contribution in [3.63, 3.8) is 0 Å². The van der Waals surface area contributed by atoms with Crippen molar-refractivity contribution < 1.29 is 5.11 Å². The van der Waals surface area contributed by atoms with E-state index < -0.39 is 6.10 Å². The van der Waals surface area contributed by atoms with E-state index in [1.165, 1.54) is 0 Å². The highest BCUT2D eigenvalue weighted by Crippen LogP contribution is 2.18. The van der Waals surface area contributed by atoms with Crippen LogP contribution in [0.1, 0.15) is 23.1 Å². The van der Waals surface area contributed by atoms with E-state index in [0.29, 0.717) is 6.42 Å². The Morgan fingerprint density at radius 2 is 2.06 bits per heavy atom. The lowest BCUT2D eigenvalue weighted by Gasteiger charge is -2.10. The fourth-order valence-corrected chi connectivity index (χ4v) is 1.79.